The Morgan fingerprint density at radius 3 is 2.41 bits per heavy atom. The SMILES string of the molecule is Cc1nn(C)c2nc(C3CC3)cc(C(=O)N3CCN(C(=O)c4ccoc4)CC3)c12. The number of piperazine rings is 1. The number of hydrogen-bond acceptors (Lipinski definition) is 5. The summed E-state index contributed by atoms with van der Waals surface area (Å²) in [7, 11) is 1.87. The molecule has 0 N–H and O–H groups in total. The number of carbonyl (C=O) groups is 2. The summed E-state index contributed by atoms with van der Waals surface area (Å²) >= 11 is 0. The summed E-state index contributed by atoms with van der Waals surface area (Å²) in [5.41, 5.74) is 3.79. The number of amides is 2. The van der Waals surface area contributed by atoms with Gasteiger partial charge in [-0.3, -0.25) is 14.3 Å². The quantitative estimate of drug-likeness (QED) is 0.682. The lowest BCUT2D eigenvalue weighted by atomic mass is 10.1. The van der Waals surface area contributed by atoms with Gasteiger partial charge in [0.25, 0.3) is 11.8 Å². The van der Waals surface area contributed by atoms with Crippen molar-refractivity contribution in [3.63, 3.8) is 0 Å². The summed E-state index contributed by atoms with van der Waals surface area (Å²) in [5.74, 6) is 0.382. The van der Waals surface area contributed by atoms with Gasteiger partial charge in [0.05, 0.1) is 28.5 Å². The van der Waals surface area contributed by atoms with Crippen LogP contribution in [0.4, 0.5) is 0 Å². The van der Waals surface area contributed by atoms with Crippen molar-refractivity contribution in [1.82, 2.24) is 24.6 Å². The first-order valence-corrected chi connectivity index (χ1v) is 9.98. The minimum atomic E-state index is -0.0590. The van der Waals surface area contributed by atoms with E-state index in [9.17, 15) is 9.59 Å². The van der Waals surface area contributed by atoms with E-state index < -0.39 is 0 Å². The van der Waals surface area contributed by atoms with Gasteiger partial charge in [0.1, 0.15) is 6.26 Å². The predicted octanol–water partition coefficient (Wildman–Crippen LogP) is 2.35. The zero-order valence-corrected chi connectivity index (χ0v) is 16.6. The zero-order valence-electron chi connectivity index (χ0n) is 16.6. The van der Waals surface area contributed by atoms with Crippen LogP contribution in [0.5, 0.6) is 0 Å². The summed E-state index contributed by atoms with van der Waals surface area (Å²) in [6.45, 7) is 3.94. The van der Waals surface area contributed by atoms with E-state index in [2.05, 4.69) is 5.10 Å². The molecule has 2 fully saturated rings. The maximum absolute atomic E-state index is 13.4. The van der Waals surface area contributed by atoms with Gasteiger partial charge < -0.3 is 14.2 Å². The topological polar surface area (TPSA) is 84.5 Å². The van der Waals surface area contributed by atoms with Crippen LogP contribution in [0, 0.1) is 6.92 Å². The highest BCUT2D eigenvalue weighted by molar-refractivity contribution is 6.06. The summed E-state index contributed by atoms with van der Waals surface area (Å²) < 4.78 is 6.77. The highest BCUT2D eigenvalue weighted by atomic mass is 16.3. The van der Waals surface area contributed by atoms with E-state index in [0.29, 0.717) is 43.2 Å². The van der Waals surface area contributed by atoms with Gasteiger partial charge in [0, 0.05) is 44.8 Å². The maximum Gasteiger partial charge on any atom is 0.257 e. The maximum atomic E-state index is 13.4. The first kappa shape index (κ1) is 17.9. The molecule has 1 saturated carbocycles. The normalized spacial score (nSPS) is 17.2. The third-order valence-corrected chi connectivity index (χ3v) is 5.84. The van der Waals surface area contributed by atoms with E-state index >= 15 is 0 Å². The number of nitrogens with zero attached hydrogens (tertiary/aromatic N) is 5. The number of furan rings is 1. The molecule has 4 heterocycles. The van der Waals surface area contributed by atoms with Crippen LogP contribution in [0.25, 0.3) is 11.0 Å². The molecule has 29 heavy (non-hydrogen) atoms. The van der Waals surface area contributed by atoms with Crippen LogP contribution in [0.1, 0.15) is 50.9 Å². The van der Waals surface area contributed by atoms with Gasteiger partial charge in [-0.1, -0.05) is 0 Å². The molecule has 3 aromatic rings. The number of rotatable bonds is 3. The molecule has 1 aliphatic heterocycles. The van der Waals surface area contributed by atoms with Crippen molar-refractivity contribution in [3.05, 3.63) is 47.2 Å². The number of hydrogen-bond donors (Lipinski definition) is 0. The molecular formula is C21H23N5O3. The minimum Gasteiger partial charge on any atom is -0.472 e. The Labute approximate surface area is 168 Å². The summed E-state index contributed by atoms with van der Waals surface area (Å²) in [6, 6.07) is 3.62. The van der Waals surface area contributed by atoms with Crippen LogP contribution in [0.15, 0.2) is 29.1 Å². The van der Waals surface area contributed by atoms with Crippen LogP contribution in [-0.4, -0.2) is 62.6 Å². The van der Waals surface area contributed by atoms with E-state index in [1.54, 1.807) is 15.6 Å². The molecular weight excluding hydrogens is 370 g/mol. The highest BCUT2D eigenvalue weighted by Crippen LogP contribution is 2.40. The van der Waals surface area contributed by atoms with Crippen molar-refractivity contribution in [2.75, 3.05) is 26.2 Å². The first-order valence-electron chi connectivity index (χ1n) is 9.98. The van der Waals surface area contributed by atoms with Gasteiger partial charge in [0.15, 0.2) is 5.65 Å². The van der Waals surface area contributed by atoms with Gasteiger partial charge in [-0.2, -0.15) is 5.10 Å². The molecule has 0 aromatic carbocycles. The zero-order chi connectivity index (χ0) is 20.1. The second-order valence-corrected chi connectivity index (χ2v) is 7.87. The van der Waals surface area contributed by atoms with Crippen LogP contribution >= 0.6 is 0 Å². The average Bonchev–Trinajstić information content (AvgIpc) is 3.37. The molecule has 0 spiro atoms. The summed E-state index contributed by atoms with van der Waals surface area (Å²) in [4.78, 5) is 34.3. The fraction of sp³-hybridized carbons (Fsp3) is 0.429. The van der Waals surface area contributed by atoms with Gasteiger partial charge in [-0.25, -0.2) is 4.98 Å². The molecule has 150 valence electrons. The minimum absolute atomic E-state index is 0.00851. The molecule has 8 heteroatoms. The Bertz CT molecular complexity index is 1090. The fourth-order valence-corrected chi connectivity index (χ4v) is 4.07. The van der Waals surface area contributed by atoms with Crippen LogP contribution in [-0.2, 0) is 7.05 Å². The Kier molecular flexibility index (Phi) is 4.15. The summed E-state index contributed by atoms with van der Waals surface area (Å²) in [6.07, 6.45) is 5.20. The van der Waals surface area contributed by atoms with Crippen molar-refractivity contribution in [1.29, 1.82) is 0 Å². The molecule has 1 aliphatic carbocycles. The van der Waals surface area contributed by atoms with Gasteiger partial charge >= 0.3 is 0 Å². The van der Waals surface area contributed by atoms with Crippen LogP contribution in [0.3, 0.4) is 0 Å². The smallest absolute Gasteiger partial charge is 0.257 e. The Balaban J connectivity index is 1.40. The number of fused-ring (bicyclic) bond motifs is 1. The molecule has 0 bridgehead atoms. The second-order valence-electron chi connectivity index (χ2n) is 7.87. The monoisotopic (exact) mass is 393 g/mol. The Morgan fingerprint density at radius 2 is 1.79 bits per heavy atom. The van der Waals surface area contributed by atoms with Crippen LogP contribution < -0.4 is 0 Å². The van der Waals surface area contributed by atoms with E-state index in [4.69, 9.17) is 9.40 Å². The van der Waals surface area contributed by atoms with E-state index in [1.807, 2.05) is 24.9 Å². The summed E-state index contributed by atoms with van der Waals surface area (Å²) in [5, 5.41) is 5.32. The lowest BCUT2D eigenvalue weighted by molar-refractivity contribution is 0.0536. The Hall–Kier alpha value is -3.16. The number of aromatic nitrogens is 3. The average molecular weight is 393 g/mol. The van der Waals surface area contributed by atoms with Crippen LogP contribution in [0.2, 0.25) is 0 Å². The third-order valence-electron chi connectivity index (χ3n) is 5.84. The number of carbonyl (C=O) groups excluding carboxylic acids is 2. The molecule has 2 aliphatic rings. The van der Waals surface area contributed by atoms with Gasteiger partial charge in [-0.15, -0.1) is 0 Å². The molecule has 0 unspecified atom stereocenters. The van der Waals surface area contributed by atoms with Crippen molar-refractivity contribution in [2.24, 2.45) is 7.05 Å². The van der Waals surface area contributed by atoms with Crippen molar-refractivity contribution < 1.29 is 14.0 Å². The Morgan fingerprint density at radius 1 is 1.10 bits per heavy atom. The highest BCUT2D eigenvalue weighted by Gasteiger charge is 2.31. The number of pyridine rings is 1. The molecule has 0 atom stereocenters. The van der Waals surface area contributed by atoms with Gasteiger partial charge in [-0.05, 0) is 31.9 Å². The van der Waals surface area contributed by atoms with Crippen molar-refractivity contribution in [2.45, 2.75) is 25.7 Å². The standard InChI is InChI=1S/C21H23N5O3/c1-13-18-16(11-17(14-3-4-14)22-19(18)24(2)23-13)21(28)26-8-6-25(7-9-26)20(27)15-5-10-29-12-15/h5,10-12,14H,3-4,6-9H2,1-2H3. The molecule has 8 nitrogen and oxygen atoms in total. The first-order chi connectivity index (χ1) is 14.0. The molecule has 0 radical (unpaired) electrons. The fourth-order valence-electron chi connectivity index (χ4n) is 4.07. The lowest BCUT2D eigenvalue weighted by Gasteiger charge is -2.34. The molecule has 3 aromatic heterocycles. The molecule has 1 saturated heterocycles. The lowest BCUT2D eigenvalue weighted by Crippen LogP contribution is -2.50. The largest absolute Gasteiger partial charge is 0.472 e. The predicted molar refractivity (Wildman–Crippen MR) is 106 cm³/mol. The van der Waals surface area contributed by atoms with Crippen molar-refractivity contribution >= 4 is 22.8 Å². The van der Waals surface area contributed by atoms with E-state index in [1.165, 1.54) is 12.5 Å². The van der Waals surface area contributed by atoms with E-state index in [-0.39, 0.29) is 11.8 Å². The molecule has 5 rings (SSSR count). The number of aryl methyl sites for hydroxylation is 2. The second kappa shape index (κ2) is 6.72. The van der Waals surface area contributed by atoms with E-state index in [0.717, 1.165) is 35.3 Å². The van der Waals surface area contributed by atoms with Crippen molar-refractivity contribution in [3.8, 4) is 0 Å². The van der Waals surface area contributed by atoms with Gasteiger partial charge in [0.2, 0.25) is 0 Å². The molecule has 2 amide bonds. The third kappa shape index (κ3) is 3.08.